The van der Waals surface area contributed by atoms with Gasteiger partial charge in [-0.15, -0.1) is 0 Å². The summed E-state index contributed by atoms with van der Waals surface area (Å²) in [5.41, 5.74) is 2.28. The van der Waals surface area contributed by atoms with Gasteiger partial charge in [0.15, 0.2) is 0 Å². The van der Waals surface area contributed by atoms with E-state index in [2.05, 4.69) is 21.2 Å². The van der Waals surface area contributed by atoms with E-state index in [0.29, 0.717) is 24.4 Å². The fraction of sp³-hybridized carbons (Fsp3) is 0.667. The molecule has 1 aromatic rings. The van der Waals surface area contributed by atoms with Crippen LogP contribution in [0.5, 0.6) is 0 Å². The number of rotatable bonds is 6. The molecule has 0 aliphatic carbocycles. The van der Waals surface area contributed by atoms with E-state index in [1.54, 1.807) is 4.90 Å². The summed E-state index contributed by atoms with van der Waals surface area (Å²) in [6.45, 7) is 12.7. The Hall–Kier alpha value is -3.14. The molecule has 0 radical (unpaired) electrons. The van der Waals surface area contributed by atoms with Gasteiger partial charge < -0.3 is 19.4 Å². The van der Waals surface area contributed by atoms with Gasteiger partial charge in [0.05, 0.1) is 0 Å². The first kappa shape index (κ1) is 28.4. The molecule has 3 fully saturated rings. The third kappa shape index (κ3) is 6.59. The van der Waals surface area contributed by atoms with Crippen molar-refractivity contribution >= 4 is 29.5 Å². The smallest absolute Gasteiger partial charge is 0.410 e. The van der Waals surface area contributed by atoms with Crippen molar-refractivity contribution in [2.75, 3.05) is 50.7 Å². The van der Waals surface area contributed by atoms with Crippen LogP contribution in [0.15, 0.2) is 18.2 Å². The number of amides is 4. The maximum Gasteiger partial charge on any atom is 0.410 e. The number of carbonyl (C=O) groups is 4. The number of benzene rings is 1. The van der Waals surface area contributed by atoms with Crippen LogP contribution in [0.1, 0.15) is 75.2 Å². The molecule has 10 nitrogen and oxygen atoms in total. The molecule has 0 bridgehead atoms. The average Bonchev–Trinajstić information content (AvgIpc) is 3.24. The van der Waals surface area contributed by atoms with Gasteiger partial charge in [-0.1, -0.05) is 0 Å². The number of nitrogens with one attached hydrogen (secondary N) is 1. The van der Waals surface area contributed by atoms with E-state index in [0.717, 1.165) is 69.9 Å². The number of ether oxygens (including phenoxy) is 1. The summed E-state index contributed by atoms with van der Waals surface area (Å²) in [6.07, 6.45) is 4.93. The van der Waals surface area contributed by atoms with E-state index in [1.165, 1.54) is 12.8 Å². The van der Waals surface area contributed by atoms with Crippen LogP contribution in [0.3, 0.4) is 0 Å². The van der Waals surface area contributed by atoms with Gasteiger partial charge in [-0.3, -0.25) is 24.6 Å². The van der Waals surface area contributed by atoms with Crippen molar-refractivity contribution in [3.8, 4) is 0 Å². The summed E-state index contributed by atoms with van der Waals surface area (Å²) in [6, 6.07) is 5.42. The first-order valence-corrected chi connectivity index (χ1v) is 14.8. The Morgan fingerprint density at radius 3 is 2.40 bits per heavy atom. The molecule has 4 aliphatic rings. The molecule has 4 heterocycles. The monoisotopic (exact) mass is 553 g/mol. The third-order valence-corrected chi connectivity index (χ3v) is 8.60. The van der Waals surface area contributed by atoms with Gasteiger partial charge >= 0.3 is 6.09 Å². The molecule has 4 aliphatic heterocycles. The SMILES string of the molecule is CC(C)(C)OC(=O)N1CCC(CCCN2CCN(c3ccc4c(c3)CN(C3CCC(=O)NC3=O)C4=O)CC2)CC1. The molecule has 1 atom stereocenters. The highest BCUT2D eigenvalue weighted by molar-refractivity contribution is 6.05. The number of imide groups is 1. The molecular formula is C30H43N5O5. The molecule has 0 spiro atoms. The zero-order valence-corrected chi connectivity index (χ0v) is 24.1. The van der Waals surface area contributed by atoms with Gasteiger partial charge in [-0.25, -0.2) is 4.79 Å². The lowest BCUT2D eigenvalue weighted by Crippen LogP contribution is -2.52. The van der Waals surface area contributed by atoms with E-state index in [9.17, 15) is 19.2 Å². The number of piperazine rings is 1. The third-order valence-electron chi connectivity index (χ3n) is 8.60. The summed E-state index contributed by atoms with van der Waals surface area (Å²) >= 11 is 0. The number of likely N-dealkylation sites (tertiary alicyclic amines) is 1. The van der Waals surface area contributed by atoms with Crippen LogP contribution in [0.25, 0.3) is 0 Å². The minimum atomic E-state index is -0.581. The Morgan fingerprint density at radius 2 is 1.73 bits per heavy atom. The second-order valence-corrected chi connectivity index (χ2v) is 12.6. The summed E-state index contributed by atoms with van der Waals surface area (Å²) in [4.78, 5) is 57.5. The normalized spacial score (nSPS) is 22.9. The first-order valence-electron chi connectivity index (χ1n) is 14.8. The van der Waals surface area contributed by atoms with Crippen LogP contribution >= 0.6 is 0 Å². The zero-order valence-electron chi connectivity index (χ0n) is 24.1. The number of piperidine rings is 2. The highest BCUT2D eigenvalue weighted by Crippen LogP contribution is 2.31. The topological polar surface area (TPSA) is 102 Å². The summed E-state index contributed by atoms with van der Waals surface area (Å²) in [5.74, 6) is -0.0994. The molecule has 1 unspecified atom stereocenters. The first-order chi connectivity index (χ1) is 19.1. The molecule has 218 valence electrons. The molecule has 3 saturated heterocycles. The highest BCUT2D eigenvalue weighted by Gasteiger charge is 2.39. The van der Waals surface area contributed by atoms with Gasteiger partial charge in [-0.05, 0) is 89.1 Å². The Kier molecular flexibility index (Phi) is 8.35. The van der Waals surface area contributed by atoms with Gasteiger partial charge in [0.25, 0.3) is 5.91 Å². The lowest BCUT2D eigenvalue weighted by molar-refractivity contribution is -0.136. The minimum absolute atomic E-state index is 0.128. The van der Waals surface area contributed by atoms with E-state index in [1.807, 2.05) is 37.8 Å². The molecule has 1 aromatic carbocycles. The lowest BCUT2D eigenvalue weighted by Gasteiger charge is -2.37. The fourth-order valence-electron chi connectivity index (χ4n) is 6.32. The second kappa shape index (κ2) is 11.8. The van der Waals surface area contributed by atoms with E-state index in [4.69, 9.17) is 4.74 Å². The molecule has 0 aromatic heterocycles. The predicted molar refractivity (Wildman–Crippen MR) is 151 cm³/mol. The second-order valence-electron chi connectivity index (χ2n) is 12.6. The van der Waals surface area contributed by atoms with Crippen molar-refractivity contribution in [2.24, 2.45) is 5.92 Å². The number of hydrogen-bond donors (Lipinski definition) is 1. The number of fused-ring (bicyclic) bond motifs is 1. The fourth-order valence-corrected chi connectivity index (χ4v) is 6.32. The van der Waals surface area contributed by atoms with Crippen molar-refractivity contribution in [1.29, 1.82) is 0 Å². The van der Waals surface area contributed by atoms with E-state index < -0.39 is 11.6 Å². The molecule has 1 N–H and O–H groups in total. The summed E-state index contributed by atoms with van der Waals surface area (Å²) in [5, 5.41) is 2.36. The quantitative estimate of drug-likeness (QED) is 0.541. The van der Waals surface area contributed by atoms with Crippen LogP contribution in [0, 0.1) is 5.92 Å². The Bertz CT molecular complexity index is 1130. The standard InChI is InChI=1S/C30H43N5O5/c1-30(2,3)40-29(39)34-13-10-21(11-14-34)5-4-12-32-15-17-33(18-16-32)23-6-7-24-22(19-23)20-35(28(24)38)25-8-9-26(36)31-27(25)37/h6-7,19,21,25H,4-5,8-18,20H2,1-3H3,(H,31,36,37). The maximum absolute atomic E-state index is 13.0. The Labute approximate surface area is 237 Å². The summed E-state index contributed by atoms with van der Waals surface area (Å²) < 4.78 is 5.51. The molecule has 5 rings (SSSR count). The Morgan fingerprint density at radius 1 is 1.00 bits per heavy atom. The number of carbonyl (C=O) groups excluding carboxylic acids is 4. The number of anilines is 1. The van der Waals surface area contributed by atoms with Crippen molar-refractivity contribution in [2.45, 2.75) is 77.5 Å². The zero-order chi connectivity index (χ0) is 28.4. The molecule has 40 heavy (non-hydrogen) atoms. The average molecular weight is 554 g/mol. The molecule has 0 saturated carbocycles. The van der Waals surface area contributed by atoms with Crippen LogP contribution in [-0.2, 0) is 20.9 Å². The van der Waals surface area contributed by atoms with Crippen LogP contribution in [0.2, 0.25) is 0 Å². The van der Waals surface area contributed by atoms with Crippen molar-refractivity contribution in [3.63, 3.8) is 0 Å². The predicted octanol–water partition coefficient (Wildman–Crippen LogP) is 3.00. The van der Waals surface area contributed by atoms with Gasteiger partial charge in [0, 0.05) is 63.5 Å². The van der Waals surface area contributed by atoms with Gasteiger partial charge in [-0.2, -0.15) is 0 Å². The maximum atomic E-state index is 13.0. The molecule has 10 heteroatoms. The van der Waals surface area contributed by atoms with Gasteiger partial charge in [0.2, 0.25) is 11.8 Å². The van der Waals surface area contributed by atoms with Crippen LogP contribution in [-0.4, -0.2) is 96.0 Å². The van der Waals surface area contributed by atoms with Gasteiger partial charge in [0.1, 0.15) is 11.6 Å². The van der Waals surface area contributed by atoms with Crippen LogP contribution in [0.4, 0.5) is 10.5 Å². The van der Waals surface area contributed by atoms with Crippen LogP contribution < -0.4 is 10.2 Å². The number of nitrogens with zero attached hydrogens (tertiary/aromatic N) is 4. The summed E-state index contributed by atoms with van der Waals surface area (Å²) in [7, 11) is 0. The Balaban J connectivity index is 1.04. The van der Waals surface area contributed by atoms with Crippen molar-refractivity contribution < 1.29 is 23.9 Å². The number of hydrogen-bond acceptors (Lipinski definition) is 7. The lowest BCUT2D eigenvalue weighted by atomic mass is 9.92. The largest absolute Gasteiger partial charge is 0.444 e. The minimum Gasteiger partial charge on any atom is -0.444 e. The van der Waals surface area contributed by atoms with E-state index >= 15 is 0 Å². The van der Waals surface area contributed by atoms with Crippen molar-refractivity contribution in [1.82, 2.24) is 20.0 Å². The van der Waals surface area contributed by atoms with E-state index in [-0.39, 0.29) is 30.2 Å². The highest BCUT2D eigenvalue weighted by atomic mass is 16.6. The van der Waals surface area contributed by atoms with Crippen molar-refractivity contribution in [3.05, 3.63) is 29.3 Å². The molecule has 4 amide bonds. The molecular weight excluding hydrogens is 510 g/mol.